The van der Waals surface area contributed by atoms with Crippen LogP contribution in [-0.4, -0.2) is 30.8 Å². The van der Waals surface area contributed by atoms with Gasteiger partial charge in [0.1, 0.15) is 11.6 Å². The number of carbonyl (C=O) groups is 1. The molecule has 2 atom stereocenters. The molecule has 0 spiro atoms. The molecule has 6 heteroatoms. The topological polar surface area (TPSA) is 20.3 Å². The maximum atomic E-state index is 13.1. The molecule has 0 aromatic heterocycles. The standard InChI is InChI=1S/C19H17F4NO/c1-24-10-16(12-5-7-15(20)8-6-12)18(25)17(11-24)13-3-2-4-14(9-13)19(21,22)23/h2-9,16-17H,10-11H2,1H3. The summed E-state index contributed by atoms with van der Waals surface area (Å²) in [4.78, 5) is 14.8. The van der Waals surface area contributed by atoms with Crippen molar-refractivity contribution in [3.05, 3.63) is 71.0 Å². The number of piperidine rings is 1. The van der Waals surface area contributed by atoms with Crippen molar-refractivity contribution in [3.8, 4) is 0 Å². The molecule has 1 saturated heterocycles. The van der Waals surface area contributed by atoms with Gasteiger partial charge < -0.3 is 4.90 Å². The third kappa shape index (κ3) is 3.74. The molecule has 2 aromatic carbocycles. The van der Waals surface area contributed by atoms with Gasteiger partial charge in [-0.25, -0.2) is 4.39 Å². The molecule has 0 radical (unpaired) electrons. The van der Waals surface area contributed by atoms with Gasteiger partial charge in [0.2, 0.25) is 0 Å². The van der Waals surface area contributed by atoms with Crippen molar-refractivity contribution in [2.75, 3.05) is 20.1 Å². The summed E-state index contributed by atoms with van der Waals surface area (Å²) < 4.78 is 52.0. The first-order chi connectivity index (χ1) is 11.8. The molecule has 2 aromatic rings. The molecule has 0 aliphatic carbocycles. The Morgan fingerprint density at radius 1 is 0.960 bits per heavy atom. The molecule has 132 valence electrons. The van der Waals surface area contributed by atoms with Crippen molar-refractivity contribution in [3.63, 3.8) is 0 Å². The Morgan fingerprint density at radius 3 is 2.16 bits per heavy atom. The second-order valence-corrected chi connectivity index (χ2v) is 6.40. The van der Waals surface area contributed by atoms with Gasteiger partial charge >= 0.3 is 6.18 Å². The zero-order valence-electron chi connectivity index (χ0n) is 13.6. The zero-order valence-corrected chi connectivity index (χ0v) is 13.6. The van der Waals surface area contributed by atoms with Crippen molar-refractivity contribution in [2.45, 2.75) is 18.0 Å². The predicted molar refractivity (Wildman–Crippen MR) is 85.8 cm³/mol. The number of benzene rings is 2. The van der Waals surface area contributed by atoms with Crippen molar-refractivity contribution in [2.24, 2.45) is 0 Å². The summed E-state index contributed by atoms with van der Waals surface area (Å²) in [5.41, 5.74) is 0.276. The van der Waals surface area contributed by atoms with E-state index < -0.39 is 29.4 Å². The predicted octanol–water partition coefficient (Wildman–Crippen LogP) is 4.23. The number of halogens is 4. The Kier molecular flexibility index (Phi) is 4.64. The SMILES string of the molecule is CN1CC(c2ccc(F)cc2)C(=O)C(c2cccc(C(F)(F)F)c2)C1. The zero-order chi connectivity index (χ0) is 18.2. The van der Waals surface area contributed by atoms with E-state index in [9.17, 15) is 22.4 Å². The fourth-order valence-corrected chi connectivity index (χ4v) is 3.29. The molecule has 1 fully saturated rings. The Labute approximate surface area is 143 Å². The lowest BCUT2D eigenvalue weighted by atomic mass is 9.80. The van der Waals surface area contributed by atoms with Crippen molar-refractivity contribution in [1.82, 2.24) is 4.90 Å². The summed E-state index contributed by atoms with van der Waals surface area (Å²) in [6.45, 7) is 0.817. The molecule has 1 heterocycles. The van der Waals surface area contributed by atoms with Gasteiger partial charge in [-0.05, 0) is 36.4 Å². The molecule has 1 aliphatic rings. The van der Waals surface area contributed by atoms with E-state index in [1.54, 1.807) is 18.2 Å². The fraction of sp³-hybridized carbons (Fsp3) is 0.316. The average molecular weight is 351 g/mol. The third-order valence-corrected chi connectivity index (χ3v) is 4.56. The summed E-state index contributed by atoms with van der Waals surface area (Å²) in [5, 5.41) is 0. The number of likely N-dealkylation sites (N-methyl/N-ethyl adjacent to an activating group) is 1. The second-order valence-electron chi connectivity index (χ2n) is 6.40. The Morgan fingerprint density at radius 2 is 1.56 bits per heavy atom. The van der Waals surface area contributed by atoms with E-state index in [-0.39, 0.29) is 5.78 Å². The highest BCUT2D eigenvalue weighted by Crippen LogP contribution is 2.35. The van der Waals surface area contributed by atoms with Crippen molar-refractivity contribution >= 4 is 5.78 Å². The number of alkyl halides is 3. The van der Waals surface area contributed by atoms with E-state index in [0.29, 0.717) is 24.2 Å². The molecule has 1 aliphatic heterocycles. The minimum atomic E-state index is -4.45. The maximum absolute atomic E-state index is 13.1. The maximum Gasteiger partial charge on any atom is 0.416 e. The molecule has 0 saturated carbocycles. The Balaban J connectivity index is 1.94. The highest BCUT2D eigenvalue weighted by atomic mass is 19.4. The van der Waals surface area contributed by atoms with Crippen LogP contribution < -0.4 is 0 Å². The number of ketones is 1. The summed E-state index contributed by atoms with van der Waals surface area (Å²) >= 11 is 0. The van der Waals surface area contributed by atoms with Crippen molar-refractivity contribution < 1.29 is 22.4 Å². The highest BCUT2D eigenvalue weighted by molar-refractivity contribution is 5.93. The molecule has 2 unspecified atom stereocenters. The third-order valence-electron chi connectivity index (χ3n) is 4.56. The molecule has 2 nitrogen and oxygen atoms in total. The number of hydrogen-bond acceptors (Lipinski definition) is 2. The van der Waals surface area contributed by atoms with Gasteiger partial charge in [-0.15, -0.1) is 0 Å². The molecular formula is C19H17F4NO. The van der Waals surface area contributed by atoms with Crippen LogP contribution in [0.25, 0.3) is 0 Å². The Bertz CT molecular complexity index is 770. The molecule has 25 heavy (non-hydrogen) atoms. The van der Waals surface area contributed by atoms with E-state index in [0.717, 1.165) is 12.1 Å². The summed E-state index contributed by atoms with van der Waals surface area (Å²) in [7, 11) is 1.82. The quantitative estimate of drug-likeness (QED) is 0.755. The van der Waals surface area contributed by atoms with Gasteiger partial charge in [-0.1, -0.05) is 30.3 Å². The Hall–Kier alpha value is -2.21. The van der Waals surface area contributed by atoms with Crippen LogP contribution in [-0.2, 0) is 11.0 Å². The average Bonchev–Trinajstić information content (AvgIpc) is 2.57. The van der Waals surface area contributed by atoms with Gasteiger partial charge in [-0.2, -0.15) is 13.2 Å². The smallest absolute Gasteiger partial charge is 0.304 e. The van der Waals surface area contributed by atoms with Crippen LogP contribution in [0.1, 0.15) is 28.5 Å². The summed E-state index contributed by atoms with van der Waals surface area (Å²) in [6, 6.07) is 10.6. The molecule has 0 bridgehead atoms. The summed E-state index contributed by atoms with van der Waals surface area (Å²) in [6.07, 6.45) is -4.45. The largest absolute Gasteiger partial charge is 0.416 e. The lowest BCUT2D eigenvalue weighted by molar-refractivity contribution is -0.137. The van der Waals surface area contributed by atoms with Crippen molar-refractivity contribution in [1.29, 1.82) is 0 Å². The fourth-order valence-electron chi connectivity index (χ4n) is 3.29. The van der Waals surface area contributed by atoms with Gasteiger partial charge in [0.05, 0.1) is 17.4 Å². The van der Waals surface area contributed by atoms with Gasteiger partial charge in [0, 0.05) is 13.1 Å². The number of Topliss-reactive ketones (excluding diaryl/α,β-unsaturated/α-hetero) is 1. The van der Waals surface area contributed by atoms with Crippen LogP contribution in [0.2, 0.25) is 0 Å². The van der Waals surface area contributed by atoms with Crippen LogP contribution in [0.15, 0.2) is 48.5 Å². The molecular weight excluding hydrogens is 334 g/mol. The van der Waals surface area contributed by atoms with Crippen LogP contribution >= 0.6 is 0 Å². The van der Waals surface area contributed by atoms with Gasteiger partial charge in [0.25, 0.3) is 0 Å². The first kappa shape index (κ1) is 17.6. The number of carbonyl (C=O) groups excluding carboxylic acids is 1. The van der Waals surface area contributed by atoms with E-state index in [1.807, 2.05) is 11.9 Å². The number of hydrogen-bond donors (Lipinski definition) is 0. The van der Waals surface area contributed by atoms with Crippen LogP contribution in [0.3, 0.4) is 0 Å². The van der Waals surface area contributed by atoms with Crippen LogP contribution in [0, 0.1) is 5.82 Å². The van der Waals surface area contributed by atoms with E-state index in [2.05, 4.69) is 0 Å². The monoisotopic (exact) mass is 351 g/mol. The summed E-state index contributed by atoms with van der Waals surface area (Å²) in [5.74, 6) is -1.66. The number of rotatable bonds is 2. The molecule has 3 rings (SSSR count). The van der Waals surface area contributed by atoms with E-state index in [4.69, 9.17) is 0 Å². The number of nitrogens with zero attached hydrogens (tertiary/aromatic N) is 1. The van der Waals surface area contributed by atoms with Gasteiger partial charge in [-0.3, -0.25) is 4.79 Å². The minimum Gasteiger partial charge on any atom is -0.304 e. The second kappa shape index (κ2) is 6.59. The lowest BCUT2D eigenvalue weighted by Crippen LogP contribution is -2.42. The van der Waals surface area contributed by atoms with Crippen LogP contribution in [0.4, 0.5) is 17.6 Å². The highest BCUT2D eigenvalue weighted by Gasteiger charge is 2.37. The lowest BCUT2D eigenvalue weighted by Gasteiger charge is -2.35. The van der Waals surface area contributed by atoms with Crippen LogP contribution in [0.5, 0.6) is 0 Å². The van der Waals surface area contributed by atoms with E-state index in [1.165, 1.54) is 18.2 Å². The van der Waals surface area contributed by atoms with E-state index >= 15 is 0 Å². The first-order valence-corrected chi connectivity index (χ1v) is 7.90. The molecule has 0 amide bonds. The number of likely N-dealkylation sites (tertiary alicyclic amines) is 1. The normalized spacial score (nSPS) is 22.2. The minimum absolute atomic E-state index is 0.135. The van der Waals surface area contributed by atoms with Gasteiger partial charge in [0.15, 0.2) is 0 Å². The molecule has 0 N–H and O–H groups in total. The first-order valence-electron chi connectivity index (χ1n) is 7.90.